The number of benzene rings is 1. The summed E-state index contributed by atoms with van der Waals surface area (Å²) >= 11 is 1.33. The van der Waals surface area contributed by atoms with Crippen molar-refractivity contribution in [3.05, 3.63) is 40.0 Å². The molecule has 8 nitrogen and oxygen atoms in total. The maximum atomic E-state index is 13.4. The smallest absolute Gasteiger partial charge is 0.262 e. The third-order valence-corrected chi connectivity index (χ3v) is 6.54. The number of carbonyl (C=O) groups excluding carboxylic acids is 1. The van der Waals surface area contributed by atoms with E-state index >= 15 is 0 Å². The van der Waals surface area contributed by atoms with E-state index in [0.717, 1.165) is 22.3 Å². The quantitative estimate of drug-likeness (QED) is 0.572. The second-order valence-corrected chi connectivity index (χ2v) is 8.92. The summed E-state index contributed by atoms with van der Waals surface area (Å²) < 4.78 is 22.0. The van der Waals surface area contributed by atoms with E-state index in [1.165, 1.54) is 11.3 Å². The van der Waals surface area contributed by atoms with E-state index in [1.54, 1.807) is 14.2 Å². The van der Waals surface area contributed by atoms with Crippen molar-refractivity contribution < 1.29 is 23.7 Å². The number of ether oxygens (including phenoxy) is 4. The van der Waals surface area contributed by atoms with Crippen molar-refractivity contribution >= 4 is 27.5 Å². The summed E-state index contributed by atoms with van der Waals surface area (Å²) in [6.45, 7) is 7.37. The van der Waals surface area contributed by atoms with Gasteiger partial charge in [0.15, 0.2) is 17.3 Å². The molecular weight excluding hydrogens is 430 g/mol. The largest absolute Gasteiger partial charge is 0.486 e. The number of rotatable bonds is 7. The Labute approximate surface area is 190 Å². The molecule has 32 heavy (non-hydrogen) atoms. The van der Waals surface area contributed by atoms with Crippen LogP contribution < -0.4 is 19.5 Å². The van der Waals surface area contributed by atoms with Gasteiger partial charge in [0.05, 0.1) is 23.4 Å². The van der Waals surface area contributed by atoms with Crippen molar-refractivity contribution in [2.45, 2.75) is 33.4 Å². The lowest BCUT2D eigenvalue weighted by Crippen LogP contribution is -2.31. The van der Waals surface area contributed by atoms with Crippen LogP contribution in [0.1, 0.15) is 46.5 Å². The van der Waals surface area contributed by atoms with Crippen LogP contribution in [0.2, 0.25) is 0 Å². The molecule has 0 fully saturated rings. The lowest BCUT2D eigenvalue weighted by molar-refractivity contribution is 0.0929. The minimum Gasteiger partial charge on any atom is -0.486 e. The number of hydrogen-bond donors (Lipinski definition) is 1. The number of thiophene rings is 1. The summed E-state index contributed by atoms with van der Waals surface area (Å²) in [7, 11) is 3.15. The Bertz CT molecular complexity index is 1140. The minimum atomic E-state index is -0.194. The number of nitrogens with zero attached hydrogens (tertiary/aromatic N) is 2. The van der Waals surface area contributed by atoms with E-state index in [4.69, 9.17) is 18.9 Å². The first kappa shape index (κ1) is 22.3. The van der Waals surface area contributed by atoms with Gasteiger partial charge in [0.1, 0.15) is 24.7 Å². The van der Waals surface area contributed by atoms with Crippen LogP contribution in [0.3, 0.4) is 0 Å². The Kier molecular flexibility index (Phi) is 6.48. The first-order valence-electron chi connectivity index (χ1n) is 10.5. The van der Waals surface area contributed by atoms with Gasteiger partial charge in [-0.25, -0.2) is 4.98 Å². The molecule has 0 saturated heterocycles. The van der Waals surface area contributed by atoms with Crippen LogP contribution in [-0.2, 0) is 11.3 Å². The molecule has 0 aliphatic carbocycles. The van der Waals surface area contributed by atoms with Crippen LogP contribution >= 0.6 is 11.3 Å². The van der Waals surface area contributed by atoms with Gasteiger partial charge in [0.2, 0.25) is 5.88 Å². The highest BCUT2D eigenvalue weighted by Crippen LogP contribution is 2.37. The van der Waals surface area contributed by atoms with Crippen molar-refractivity contribution in [3.63, 3.8) is 0 Å². The van der Waals surface area contributed by atoms with Gasteiger partial charge in [-0.15, -0.1) is 11.3 Å². The molecule has 1 aliphatic rings. The van der Waals surface area contributed by atoms with E-state index in [0.29, 0.717) is 40.4 Å². The van der Waals surface area contributed by atoms with Crippen molar-refractivity contribution in [1.82, 2.24) is 15.3 Å². The topological polar surface area (TPSA) is 91.8 Å². The average Bonchev–Trinajstić information content (AvgIpc) is 3.13. The molecule has 0 spiro atoms. The number of amides is 1. The summed E-state index contributed by atoms with van der Waals surface area (Å²) in [6, 6.07) is 5.62. The normalized spacial score (nSPS) is 13.9. The molecule has 3 heterocycles. The fourth-order valence-electron chi connectivity index (χ4n) is 3.80. The fourth-order valence-corrected chi connectivity index (χ4v) is 4.89. The maximum Gasteiger partial charge on any atom is 0.262 e. The molecule has 3 aromatic rings. The molecule has 1 aromatic carbocycles. The third kappa shape index (κ3) is 4.22. The first-order valence-corrected chi connectivity index (χ1v) is 11.3. The predicted octanol–water partition coefficient (Wildman–Crippen LogP) is 4.05. The molecule has 0 saturated carbocycles. The predicted molar refractivity (Wildman–Crippen MR) is 122 cm³/mol. The average molecular weight is 458 g/mol. The Hall–Kier alpha value is -2.91. The van der Waals surface area contributed by atoms with Crippen LogP contribution in [0, 0.1) is 12.8 Å². The van der Waals surface area contributed by atoms with E-state index in [9.17, 15) is 4.79 Å². The second kappa shape index (κ2) is 9.30. The summed E-state index contributed by atoms with van der Waals surface area (Å²) in [6.07, 6.45) is 0. The summed E-state index contributed by atoms with van der Waals surface area (Å²) in [5, 5.41) is 3.95. The van der Waals surface area contributed by atoms with Gasteiger partial charge >= 0.3 is 0 Å². The van der Waals surface area contributed by atoms with Crippen LogP contribution in [0.4, 0.5) is 0 Å². The zero-order valence-corrected chi connectivity index (χ0v) is 19.7. The molecular formula is C23H27N3O5S. The molecule has 4 rings (SSSR count). The summed E-state index contributed by atoms with van der Waals surface area (Å²) in [4.78, 5) is 23.6. The van der Waals surface area contributed by atoms with Gasteiger partial charge < -0.3 is 24.3 Å². The molecule has 1 atom stereocenters. The molecule has 0 radical (unpaired) electrons. The Morgan fingerprint density at radius 1 is 1.19 bits per heavy atom. The molecule has 2 aromatic heterocycles. The monoisotopic (exact) mass is 457 g/mol. The van der Waals surface area contributed by atoms with Gasteiger partial charge in [0.25, 0.3) is 5.91 Å². The number of carbonyl (C=O) groups is 1. The highest BCUT2D eigenvalue weighted by atomic mass is 32.1. The van der Waals surface area contributed by atoms with Gasteiger partial charge in [0, 0.05) is 7.11 Å². The SMILES string of the molecule is COCc1nc(OC)c2c(C)c(C(=O)NC(c3ccc4c(c3)OCCO4)C(C)C)sc2n1. The van der Waals surface area contributed by atoms with Crippen molar-refractivity contribution in [2.75, 3.05) is 27.4 Å². The number of nitrogens with one attached hydrogen (secondary N) is 1. The third-order valence-electron chi connectivity index (χ3n) is 5.35. The van der Waals surface area contributed by atoms with E-state index in [1.807, 2.05) is 25.1 Å². The number of hydrogen-bond acceptors (Lipinski definition) is 8. The molecule has 170 valence electrons. The zero-order valence-electron chi connectivity index (χ0n) is 18.9. The fraction of sp³-hybridized carbons (Fsp3) is 0.435. The molecule has 1 N–H and O–H groups in total. The minimum absolute atomic E-state index is 0.158. The molecule has 1 aliphatic heterocycles. The van der Waals surface area contributed by atoms with Gasteiger partial charge in [-0.05, 0) is 36.1 Å². The van der Waals surface area contributed by atoms with E-state index in [-0.39, 0.29) is 24.5 Å². The Morgan fingerprint density at radius 2 is 1.94 bits per heavy atom. The van der Waals surface area contributed by atoms with Crippen molar-refractivity contribution in [3.8, 4) is 17.4 Å². The first-order chi connectivity index (χ1) is 15.4. The molecule has 1 unspecified atom stereocenters. The van der Waals surface area contributed by atoms with Crippen LogP contribution in [0.15, 0.2) is 18.2 Å². The highest BCUT2D eigenvalue weighted by Gasteiger charge is 2.26. The highest BCUT2D eigenvalue weighted by molar-refractivity contribution is 7.20. The van der Waals surface area contributed by atoms with Gasteiger partial charge in [-0.1, -0.05) is 19.9 Å². The van der Waals surface area contributed by atoms with E-state index in [2.05, 4.69) is 29.1 Å². The molecule has 9 heteroatoms. The van der Waals surface area contributed by atoms with E-state index < -0.39 is 0 Å². The van der Waals surface area contributed by atoms with Crippen LogP contribution in [0.5, 0.6) is 17.4 Å². The maximum absolute atomic E-state index is 13.4. The molecule has 0 bridgehead atoms. The Balaban J connectivity index is 1.66. The lowest BCUT2D eigenvalue weighted by atomic mass is 9.95. The second-order valence-electron chi connectivity index (χ2n) is 7.92. The molecule has 1 amide bonds. The van der Waals surface area contributed by atoms with Crippen molar-refractivity contribution in [1.29, 1.82) is 0 Å². The van der Waals surface area contributed by atoms with Gasteiger partial charge in [-0.3, -0.25) is 4.79 Å². The number of methoxy groups -OCH3 is 2. The summed E-state index contributed by atoms with van der Waals surface area (Å²) in [5.74, 6) is 2.40. The van der Waals surface area contributed by atoms with Crippen molar-refractivity contribution in [2.24, 2.45) is 5.92 Å². The Morgan fingerprint density at radius 3 is 2.62 bits per heavy atom. The summed E-state index contributed by atoms with van der Waals surface area (Å²) in [5.41, 5.74) is 1.77. The lowest BCUT2D eigenvalue weighted by Gasteiger charge is -2.25. The van der Waals surface area contributed by atoms with Crippen LogP contribution in [0.25, 0.3) is 10.2 Å². The number of aromatic nitrogens is 2. The van der Waals surface area contributed by atoms with Crippen LogP contribution in [-0.4, -0.2) is 43.3 Å². The number of fused-ring (bicyclic) bond motifs is 2. The standard InChI is InChI=1S/C23H27N3O5S/c1-12(2)19(14-6-7-15-16(10-14)31-9-8-30-15)26-21(27)20-13(3)18-22(29-5)24-17(11-28-4)25-23(18)32-20/h6-7,10,12,19H,8-9,11H2,1-5H3,(H,26,27). The zero-order chi connectivity index (χ0) is 22.8. The number of aryl methyl sites for hydroxylation is 1. The van der Waals surface area contributed by atoms with Gasteiger partial charge in [-0.2, -0.15) is 4.98 Å².